The minimum atomic E-state index is -3.87. The lowest BCUT2D eigenvalue weighted by Gasteiger charge is -2.13. The van der Waals surface area contributed by atoms with Gasteiger partial charge in [0.15, 0.2) is 0 Å². The summed E-state index contributed by atoms with van der Waals surface area (Å²) in [6, 6.07) is 0.180. The first kappa shape index (κ1) is 15.1. The van der Waals surface area contributed by atoms with Gasteiger partial charge >= 0.3 is 5.97 Å². The van der Waals surface area contributed by atoms with Crippen molar-refractivity contribution in [2.75, 3.05) is 6.61 Å². The van der Waals surface area contributed by atoms with Crippen molar-refractivity contribution in [1.29, 1.82) is 0 Å². The first-order chi connectivity index (χ1) is 8.27. The molecule has 0 spiro atoms. The van der Waals surface area contributed by atoms with Gasteiger partial charge in [0.1, 0.15) is 6.04 Å². The van der Waals surface area contributed by atoms with Crippen LogP contribution in [0.5, 0.6) is 0 Å². The summed E-state index contributed by atoms with van der Waals surface area (Å²) in [6.45, 7) is 3.04. The largest absolute Gasteiger partial charge is 0.480 e. The van der Waals surface area contributed by atoms with Gasteiger partial charge in [-0.2, -0.15) is 4.72 Å². The molecule has 8 heteroatoms. The van der Waals surface area contributed by atoms with E-state index in [1.165, 1.54) is 17.4 Å². The molecule has 0 saturated heterocycles. The number of hydrogen-bond acceptors (Lipinski definition) is 5. The van der Waals surface area contributed by atoms with Gasteiger partial charge in [-0.1, -0.05) is 0 Å². The molecule has 1 aromatic heterocycles. The third-order valence-corrected chi connectivity index (χ3v) is 4.99. The summed E-state index contributed by atoms with van der Waals surface area (Å²) in [5.74, 6) is -1.31. The Labute approximate surface area is 109 Å². The van der Waals surface area contributed by atoms with Gasteiger partial charge in [-0.3, -0.25) is 4.79 Å². The molecule has 0 fully saturated rings. The Morgan fingerprint density at radius 1 is 1.50 bits per heavy atom. The zero-order chi connectivity index (χ0) is 13.9. The van der Waals surface area contributed by atoms with E-state index in [2.05, 4.69) is 4.72 Å². The number of aliphatic hydroxyl groups excluding tert-OH is 1. The van der Waals surface area contributed by atoms with Gasteiger partial charge in [0.25, 0.3) is 0 Å². The van der Waals surface area contributed by atoms with Gasteiger partial charge in [-0.15, -0.1) is 11.3 Å². The van der Waals surface area contributed by atoms with E-state index in [1.54, 1.807) is 13.8 Å². The summed E-state index contributed by atoms with van der Waals surface area (Å²) in [6.07, 6.45) is -0.170. The number of carboxylic acids is 1. The molecule has 1 atom stereocenters. The normalized spacial score (nSPS) is 13.5. The number of aliphatic hydroxyl groups is 1. The molecule has 0 aliphatic carbocycles. The van der Waals surface area contributed by atoms with Gasteiger partial charge in [0, 0.05) is 16.4 Å². The Balaban J connectivity index is 3.00. The number of carbonyl (C=O) groups is 1. The predicted octanol–water partition coefficient (Wildman–Crippen LogP) is 0.479. The average molecular weight is 293 g/mol. The molecule has 0 aromatic carbocycles. The number of carboxylic acid groups (broad SMARTS) is 1. The van der Waals surface area contributed by atoms with Crippen LogP contribution in [0.2, 0.25) is 0 Å². The molecule has 0 bridgehead atoms. The lowest BCUT2D eigenvalue weighted by atomic mass is 10.2. The number of sulfonamides is 1. The van der Waals surface area contributed by atoms with Crippen LogP contribution >= 0.6 is 11.3 Å². The van der Waals surface area contributed by atoms with E-state index in [9.17, 15) is 13.2 Å². The van der Waals surface area contributed by atoms with Crippen molar-refractivity contribution < 1.29 is 23.4 Å². The molecule has 0 aliphatic heterocycles. The highest BCUT2D eigenvalue weighted by Gasteiger charge is 2.26. The average Bonchev–Trinajstić information content (AvgIpc) is 2.57. The summed E-state index contributed by atoms with van der Waals surface area (Å²) >= 11 is 1.33. The zero-order valence-electron chi connectivity index (χ0n) is 10.0. The first-order valence-electron chi connectivity index (χ1n) is 5.21. The second-order valence-corrected chi connectivity index (χ2v) is 6.94. The van der Waals surface area contributed by atoms with Crippen molar-refractivity contribution in [3.63, 3.8) is 0 Å². The maximum absolute atomic E-state index is 12.0. The number of aliphatic carboxylic acids is 1. The lowest BCUT2D eigenvalue weighted by molar-refractivity contribution is -0.139. The molecule has 102 valence electrons. The number of nitrogens with one attached hydrogen (secondary N) is 1. The Morgan fingerprint density at radius 2 is 2.11 bits per heavy atom. The van der Waals surface area contributed by atoms with Gasteiger partial charge < -0.3 is 10.2 Å². The van der Waals surface area contributed by atoms with E-state index in [-0.39, 0.29) is 11.3 Å². The van der Waals surface area contributed by atoms with Crippen LogP contribution in [-0.2, 0) is 14.8 Å². The Hall–Kier alpha value is -0.960. The highest BCUT2D eigenvalue weighted by molar-refractivity contribution is 7.89. The monoisotopic (exact) mass is 293 g/mol. The molecule has 1 unspecified atom stereocenters. The summed E-state index contributed by atoms with van der Waals surface area (Å²) < 4.78 is 26.1. The SMILES string of the molecule is Cc1cc(S(=O)(=O)NC(CCO)C(=O)O)c(C)s1. The summed E-state index contributed by atoms with van der Waals surface area (Å²) in [5.41, 5.74) is 0. The van der Waals surface area contributed by atoms with Gasteiger partial charge in [-0.05, 0) is 26.3 Å². The lowest BCUT2D eigenvalue weighted by Crippen LogP contribution is -2.41. The van der Waals surface area contributed by atoms with Crippen molar-refractivity contribution in [2.45, 2.75) is 31.2 Å². The molecular weight excluding hydrogens is 278 g/mol. The molecule has 0 saturated carbocycles. The van der Waals surface area contributed by atoms with Gasteiger partial charge in [-0.25, -0.2) is 8.42 Å². The van der Waals surface area contributed by atoms with Crippen molar-refractivity contribution in [2.24, 2.45) is 0 Å². The highest BCUT2D eigenvalue weighted by Crippen LogP contribution is 2.25. The topological polar surface area (TPSA) is 104 Å². The van der Waals surface area contributed by atoms with Crippen molar-refractivity contribution >= 4 is 27.3 Å². The van der Waals surface area contributed by atoms with E-state index < -0.39 is 28.6 Å². The Kier molecular flexibility index (Phi) is 4.85. The molecular formula is C10H15NO5S2. The van der Waals surface area contributed by atoms with Crippen LogP contribution in [-0.4, -0.2) is 37.2 Å². The summed E-state index contributed by atoms with van der Waals surface area (Å²) in [7, 11) is -3.87. The van der Waals surface area contributed by atoms with Gasteiger partial charge in [0.2, 0.25) is 10.0 Å². The molecule has 0 radical (unpaired) electrons. The highest BCUT2D eigenvalue weighted by atomic mass is 32.2. The molecule has 1 rings (SSSR count). The quantitative estimate of drug-likeness (QED) is 0.707. The summed E-state index contributed by atoms with van der Waals surface area (Å²) in [4.78, 5) is 12.4. The Morgan fingerprint density at radius 3 is 2.50 bits per heavy atom. The number of aryl methyl sites for hydroxylation is 2. The minimum Gasteiger partial charge on any atom is -0.480 e. The zero-order valence-corrected chi connectivity index (χ0v) is 11.6. The van der Waals surface area contributed by atoms with E-state index in [1.807, 2.05) is 0 Å². The summed E-state index contributed by atoms with van der Waals surface area (Å²) in [5, 5.41) is 17.6. The fourth-order valence-electron chi connectivity index (χ4n) is 1.49. The van der Waals surface area contributed by atoms with Crippen LogP contribution in [0.3, 0.4) is 0 Å². The van der Waals surface area contributed by atoms with Crippen LogP contribution in [0.15, 0.2) is 11.0 Å². The molecule has 0 amide bonds. The molecule has 0 aliphatic rings. The maximum atomic E-state index is 12.0. The van der Waals surface area contributed by atoms with Gasteiger partial charge in [0.05, 0.1) is 4.90 Å². The molecule has 1 aromatic rings. The van der Waals surface area contributed by atoms with E-state index in [0.29, 0.717) is 4.88 Å². The molecule has 1 heterocycles. The van der Waals surface area contributed by atoms with E-state index in [4.69, 9.17) is 10.2 Å². The first-order valence-corrected chi connectivity index (χ1v) is 7.51. The number of hydrogen-bond donors (Lipinski definition) is 3. The van der Waals surface area contributed by atoms with Crippen molar-refractivity contribution in [3.05, 3.63) is 15.8 Å². The standard InChI is InChI=1S/C10H15NO5S2/c1-6-5-9(7(2)17-6)18(15,16)11-8(3-4-12)10(13)14/h5,8,11-12H,3-4H2,1-2H3,(H,13,14). The number of thiophene rings is 1. The van der Waals surface area contributed by atoms with Crippen molar-refractivity contribution in [3.8, 4) is 0 Å². The third-order valence-electron chi connectivity index (χ3n) is 2.30. The van der Waals surface area contributed by atoms with Crippen LogP contribution in [0.1, 0.15) is 16.2 Å². The third kappa shape index (κ3) is 3.52. The molecule has 6 nitrogen and oxygen atoms in total. The molecule has 18 heavy (non-hydrogen) atoms. The second kappa shape index (κ2) is 5.79. The van der Waals surface area contributed by atoms with Crippen LogP contribution in [0.4, 0.5) is 0 Å². The predicted molar refractivity (Wildman–Crippen MR) is 67.2 cm³/mol. The second-order valence-electron chi connectivity index (χ2n) is 3.80. The fourth-order valence-corrected chi connectivity index (χ4v) is 4.27. The fraction of sp³-hybridized carbons (Fsp3) is 0.500. The van der Waals surface area contributed by atoms with Crippen molar-refractivity contribution in [1.82, 2.24) is 4.72 Å². The van der Waals surface area contributed by atoms with Crippen LogP contribution < -0.4 is 4.72 Å². The molecule has 3 N–H and O–H groups in total. The smallest absolute Gasteiger partial charge is 0.321 e. The maximum Gasteiger partial charge on any atom is 0.321 e. The minimum absolute atomic E-state index is 0.0918. The van der Waals surface area contributed by atoms with Crippen LogP contribution in [0, 0.1) is 13.8 Å². The van der Waals surface area contributed by atoms with E-state index in [0.717, 1.165) is 4.88 Å². The van der Waals surface area contributed by atoms with E-state index >= 15 is 0 Å². The Bertz CT molecular complexity index is 534. The van der Waals surface area contributed by atoms with Crippen LogP contribution in [0.25, 0.3) is 0 Å². The number of rotatable bonds is 6.